The molecule has 6 aromatic carbocycles. The van der Waals surface area contributed by atoms with Crippen molar-refractivity contribution in [3.8, 4) is 33.8 Å². The van der Waals surface area contributed by atoms with E-state index < -0.39 is 0 Å². The summed E-state index contributed by atoms with van der Waals surface area (Å²) in [5, 5.41) is 4.91. The molecule has 3 heterocycles. The van der Waals surface area contributed by atoms with Crippen LogP contribution >= 0.6 is 0 Å². The van der Waals surface area contributed by atoms with Crippen molar-refractivity contribution in [2.24, 2.45) is 0 Å². The molecule has 0 spiro atoms. The van der Waals surface area contributed by atoms with Crippen molar-refractivity contribution in [3.05, 3.63) is 157 Å². The molecule has 10 rings (SSSR count). The number of aromatic nitrogens is 4. The largest absolute Gasteiger partial charge is 0.309 e. The first kappa shape index (κ1) is 26.2. The van der Waals surface area contributed by atoms with Crippen LogP contribution < -0.4 is 0 Å². The van der Waals surface area contributed by atoms with E-state index in [1.165, 1.54) is 71.6 Å². The maximum Gasteiger partial charge on any atom is 0.156 e. The van der Waals surface area contributed by atoms with Gasteiger partial charge in [0.25, 0.3) is 0 Å². The fourth-order valence-corrected chi connectivity index (χ4v) is 8.08. The van der Waals surface area contributed by atoms with Gasteiger partial charge in [-0.15, -0.1) is 0 Å². The first-order chi connectivity index (χ1) is 23.1. The molecule has 222 valence electrons. The van der Waals surface area contributed by atoms with Gasteiger partial charge in [-0.05, 0) is 81.9 Å². The van der Waals surface area contributed by atoms with Crippen molar-refractivity contribution in [3.63, 3.8) is 0 Å². The lowest BCUT2D eigenvalue weighted by atomic mass is 9.82. The van der Waals surface area contributed by atoms with Crippen molar-refractivity contribution < 1.29 is 0 Å². The number of para-hydroxylation sites is 2. The number of nitrogens with zero attached hydrogens (tertiary/aromatic N) is 4. The fourth-order valence-electron chi connectivity index (χ4n) is 8.08. The lowest BCUT2D eigenvalue weighted by Crippen LogP contribution is -2.14. The molecule has 47 heavy (non-hydrogen) atoms. The van der Waals surface area contributed by atoms with Crippen LogP contribution in [-0.2, 0) is 5.41 Å². The van der Waals surface area contributed by atoms with Gasteiger partial charge in [-0.2, -0.15) is 0 Å². The van der Waals surface area contributed by atoms with Crippen molar-refractivity contribution in [1.82, 2.24) is 19.1 Å². The van der Waals surface area contributed by atoms with Crippen molar-refractivity contribution in [2.75, 3.05) is 0 Å². The van der Waals surface area contributed by atoms with Crippen LogP contribution in [0.1, 0.15) is 25.0 Å². The third kappa shape index (κ3) is 3.64. The van der Waals surface area contributed by atoms with Crippen LogP contribution in [0.15, 0.2) is 146 Å². The molecule has 9 aromatic rings. The smallest absolute Gasteiger partial charge is 0.156 e. The minimum absolute atomic E-state index is 0.0118. The highest BCUT2D eigenvalue weighted by molar-refractivity contribution is 6.12. The van der Waals surface area contributed by atoms with Gasteiger partial charge in [0.1, 0.15) is 0 Å². The van der Waals surface area contributed by atoms with Crippen LogP contribution in [0, 0.1) is 0 Å². The molecule has 0 saturated heterocycles. The number of rotatable bonds is 3. The van der Waals surface area contributed by atoms with E-state index in [0.717, 1.165) is 16.9 Å². The number of hydrogen-bond acceptors (Lipinski definition) is 2. The van der Waals surface area contributed by atoms with Gasteiger partial charge in [0.2, 0.25) is 0 Å². The Labute approximate surface area is 272 Å². The molecule has 0 N–H and O–H groups in total. The molecule has 0 unspecified atom stereocenters. The van der Waals surface area contributed by atoms with Gasteiger partial charge in [-0.3, -0.25) is 9.55 Å². The molecule has 0 fully saturated rings. The van der Waals surface area contributed by atoms with Crippen molar-refractivity contribution in [2.45, 2.75) is 19.3 Å². The molecule has 1 aliphatic carbocycles. The Kier molecular flexibility index (Phi) is 5.31. The highest BCUT2D eigenvalue weighted by Crippen LogP contribution is 2.49. The minimum Gasteiger partial charge on any atom is -0.309 e. The van der Waals surface area contributed by atoms with Crippen LogP contribution in [-0.4, -0.2) is 19.1 Å². The first-order valence-electron chi connectivity index (χ1n) is 16.2. The average Bonchev–Trinajstić information content (AvgIpc) is 3.71. The summed E-state index contributed by atoms with van der Waals surface area (Å²) in [6, 6.07) is 46.9. The molecule has 0 amide bonds. The molecule has 0 saturated carbocycles. The van der Waals surface area contributed by atoms with Gasteiger partial charge >= 0.3 is 0 Å². The Morgan fingerprint density at radius 1 is 0.489 bits per heavy atom. The van der Waals surface area contributed by atoms with Gasteiger partial charge in [0.15, 0.2) is 5.82 Å². The van der Waals surface area contributed by atoms with Gasteiger partial charge in [0, 0.05) is 45.0 Å². The summed E-state index contributed by atoms with van der Waals surface area (Å²) in [4.78, 5) is 8.97. The van der Waals surface area contributed by atoms with Crippen molar-refractivity contribution >= 4 is 43.6 Å². The normalized spacial score (nSPS) is 13.5. The number of benzene rings is 6. The zero-order valence-electron chi connectivity index (χ0n) is 26.1. The van der Waals surface area contributed by atoms with E-state index >= 15 is 0 Å². The maximum absolute atomic E-state index is 4.63. The van der Waals surface area contributed by atoms with E-state index in [4.69, 9.17) is 0 Å². The van der Waals surface area contributed by atoms with E-state index in [1.54, 1.807) is 12.4 Å². The molecular weight excluding hydrogens is 573 g/mol. The Balaban J connectivity index is 1.16. The second kappa shape index (κ2) is 9.51. The summed E-state index contributed by atoms with van der Waals surface area (Å²) >= 11 is 0. The third-order valence-electron chi connectivity index (χ3n) is 10.3. The standard InChI is InChI=1S/C43H30N4/c1-43(2)36-12-6-3-9-30(36)33-25-29(17-18-37(33)43)46-38-13-7-4-10-31(38)34-23-27(15-19-40(34)46)28-16-20-41-35(24-28)32-11-5-8-14-39(32)47(41)42-26-44-21-22-45-42/h3-26H,1-2H3. The molecular formula is C43H30N4. The molecule has 0 bridgehead atoms. The zero-order valence-corrected chi connectivity index (χ0v) is 26.1. The fraction of sp³-hybridized carbons (Fsp3) is 0.0698. The molecule has 4 heteroatoms. The average molecular weight is 603 g/mol. The maximum atomic E-state index is 4.63. The number of fused-ring (bicyclic) bond motifs is 9. The monoisotopic (exact) mass is 602 g/mol. The molecule has 4 nitrogen and oxygen atoms in total. The lowest BCUT2D eigenvalue weighted by Gasteiger charge is -2.21. The Morgan fingerprint density at radius 2 is 1.09 bits per heavy atom. The second-order valence-corrected chi connectivity index (χ2v) is 13.1. The van der Waals surface area contributed by atoms with Crippen LogP contribution in [0.5, 0.6) is 0 Å². The van der Waals surface area contributed by atoms with Crippen LogP contribution in [0.4, 0.5) is 0 Å². The van der Waals surface area contributed by atoms with E-state index in [9.17, 15) is 0 Å². The van der Waals surface area contributed by atoms with E-state index in [0.29, 0.717) is 0 Å². The Morgan fingerprint density at radius 3 is 1.79 bits per heavy atom. The predicted octanol–water partition coefficient (Wildman–Crippen LogP) is 10.6. The Bertz CT molecular complexity index is 2710. The molecule has 1 aliphatic rings. The molecule has 3 aromatic heterocycles. The zero-order chi connectivity index (χ0) is 31.3. The SMILES string of the molecule is CC1(C)c2ccccc2-c2cc(-n3c4ccccc4c4cc(-c5ccc6c(c5)c5ccccc5n6-c5cnccn5)ccc43)ccc21. The molecule has 0 radical (unpaired) electrons. The van der Waals surface area contributed by atoms with Gasteiger partial charge < -0.3 is 4.57 Å². The predicted molar refractivity (Wildman–Crippen MR) is 194 cm³/mol. The highest BCUT2D eigenvalue weighted by atomic mass is 15.1. The topological polar surface area (TPSA) is 35.6 Å². The van der Waals surface area contributed by atoms with E-state index in [1.807, 2.05) is 6.20 Å². The highest BCUT2D eigenvalue weighted by Gasteiger charge is 2.35. The van der Waals surface area contributed by atoms with Crippen LogP contribution in [0.25, 0.3) is 77.4 Å². The first-order valence-corrected chi connectivity index (χ1v) is 16.2. The lowest BCUT2D eigenvalue weighted by molar-refractivity contribution is 0.660. The summed E-state index contributed by atoms with van der Waals surface area (Å²) in [6.07, 6.45) is 5.29. The number of hydrogen-bond donors (Lipinski definition) is 0. The van der Waals surface area contributed by atoms with E-state index in [-0.39, 0.29) is 5.41 Å². The van der Waals surface area contributed by atoms with Crippen LogP contribution in [0.3, 0.4) is 0 Å². The third-order valence-corrected chi connectivity index (χ3v) is 10.3. The summed E-state index contributed by atoms with van der Waals surface area (Å²) in [5.41, 5.74) is 13.7. The van der Waals surface area contributed by atoms with Crippen LogP contribution in [0.2, 0.25) is 0 Å². The summed E-state index contributed by atoms with van der Waals surface area (Å²) in [5.74, 6) is 0.819. The summed E-state index contributed by atoms with van der Waals surface area (Å²) < 4.78 is 4.63. The van der Waals surface area contributed by atoms with Gasteiger partial charge in [-0.1, -0.05) is 92.7 Å². The second-order valence-electron chi connectivity index (χ2n) is 13.1. The van der Waals surface area contributed by atoms with Gasteiger partial charge in [-0.25, -0.2) is 4.98 Å². The van der Waals surface area contributed by atoms with Crippen molar-refractivity contribution in [1.29, 1.82) is 0 Å². The minimum atomic E-state index is -0.0118. The molecule has 0 atom stereocenters. The Hall–Kier alpha value is -6.00. The summed E-state index contributed by atoms with van der Waals surface area (Å²) in [6.45, 7) is 4.67. The summed E-state index contributed by atoms with van der Waals surface area (Å²) in [7, 11) is 0. The van der Waals surface area contributed by atoms with Gasteiger partial charge in [0.05, 0.1) is 28.3 Å². The molecule has 0 aliphatic heterocycles. The van der Waals surface area contributed by atoms with E-state index in [2.05, 4.69) is 160 Å². The quantitative estimate of drug-likeness (QED) is 0.202.